The van der Waals surface area contributed by atoms with Crippen LogP contribution in [0.4, 0.5) is 26.3 Å². The molecule has 3 aliphatic heterocycles. The summed E-state index contributed by atoms with van der Waals surface area (Å²) >= 11 is 1.58. The van der Waals surface area contributed by atoms with E-state index < -0.39 is 164 Å². The maximum Gasteiger partial charge on any atom is 0.333 e. The highest BCUT2D eigenvalue weighted by molar-refractivity contribution is 14.1. The van der Waals surface area contributed by atoms with Gasteiger partial charge in [0, 0.05) is 53.5 Å². The number of rotatable bonds is 15. The van der Waals surface area contributed by atoms with E-state index >= 15 is 0 Å². The fraction of sp³-hybridized carbons (Fsp3) is 0.434. The fourth-order valence-corrected chi connectivity index (χ4v) is 9.95. The number of alkyl halides is 4. The van der Waals surface area contributed by atoms with E-state index in [1.165, 1.54) is 74.6 Å². The van der Waals surface area contributed by atoms with E-state index in [0.29, 0.717) is 15.2 Å². The lowest BCUT2D eigenvalue weighted by Crippen LogP contribution is -2.46. The fourth-order valence-electron chi connectivity index (χ4n) is 9.36. The maximum absolute atomic E-state index is 14.6. The number of ether oxygens (including phenoxy) is 3. The minimum Gasteiger partial charge on any atom is -0.394 e. The van der Waals surface area contributed by atoms with Gasteiger partial charge in [-0.25, -0.2) is 23.2 Å². The third-order valence-electron chi connectivity index (χ3n) is 14.0. The Balaban J connectivity index is 0.000000181. The summed E-state index contributed by atoms with van der Waals surface area (Å²) in [6.45, 7) is -1.61. The van der Waals surface area contributed by atoms with Crippen molar-refractivity contribution in [3.63, 3.8) is 0 Å². The van der Waals surface area contributed by atoms with E-state index in [1.54, 1.807) is 34.7 Å². The molecule has 3 aromatic carbocycles. The Morgan fingerprint density at radius 2 is 0.857 bits per heavy atom. The van der Waals surface area contributed by atoms with Crippen molar-refractivity contribution in [1.29, 1.82) is 0 Å². The Bertz CT molecular complexity index is 3510. The Kier molecular flexibility index (Phi) is 20.8. The molecule has 3 saturated heterocycles. The highest BCUT2D eigenvalue weighted by Crippen LogP contribution is 2.33. The lowest BCUT2D eigenvalue weighted by Gasteiger charge is -2.22. The van der Waals surface area contributed by atoms with E-state index in [0.717, 1.165) is 36.7 Å². The Labute approximate surface area is 482 Å². The molecule has 6 heterocycles. The summed E-state index contributed by atoms with van der Waals surface area (Å²) in [6, 6.07) is 16.6. The van der Waals surface area contributed by atoms with Gasteiger partial charge in [0.2, 0.25) is 0 Å². The van der Waals surface area contributed by atoms with Gasteiger partial charge < -0.3 is 60.2 Å². The summed E-state index contributed by atoms with van der Waals surface area (Å²) in [6.07, 6.45) is -13.3. The summed E-state index contributed by atoms with van der Waals surface area (Å²) < 4.78 is 105. The van der Waals surface area contributed by atoms with Crippen LogP contribution in [0.2, 0.25) is 0 Å². The zero-order valence-corrected chi connectivity index (χ0v) is 46.3. The van der Waals surface area contributed by atoms with Gasteiger partial charge in [-0.3, -0.25) is 41.8 Å². The standard InChI is InChI=1S/2C18H20F2N2O6.C17H17F2IN2O6/c1-9-7-22(17-15(25)14(24)13(8-23)28-17)18(27)21(16(9)26)5-4-10-2-3-11(19)6-12(10)20;1-10-7-21(16-14(25)13(24)12(8-23)28-16)17(27)22(15(10)26)9-18(19,20)11-5-3-2-4-6-11;18-17(19,9-4-2-1-3-5-9)8-22-14(26)10(20)6-21(16(22)27)15-13(25)12(24)11(7-23)28-15/h2-3,6-7,13-15,17,23-25H,4-5,8H2,1H3;2-7,12-14,16,23-25H,8-9H2,1H3;1-6,11-13,15,23-25H,7-8H2/t13-,14?,15+,17-;12-,13?,14+,16-;11-,12?,13+,15-/m111/s1. The van der Waals surface area contributed by atoms with Crippen molar-refractivity contribution in [2.45, 2.75) is 125 Å². The summed E-state index contributed by atoms with van der Waals surface area (Å²) in [4.78, 5) is 75.3. The molecule has 9 rings (SSSR count). The van der Waals surface area contributed by atoms with E-state index in [1.807, 2.05) is 0 Å². The predicted octanol–water partition coefficient (Wildman–Crippen LogP) is -0.809. The Morgan fingerprint density at radius 1 is 0.500 bits per heavy atom. The summed E-state index contributed by atoms with van der Waals surface area (Å²) in [7, 11) is 0. The first-order valence-corrected chi connectivity index (χ1v) is 26.5. The molecule has 3 aliphatic rings. The van der Waals surface area contributed by atoms with Crippen molar-refractivity contribution in [1.82, 2.24) is 27.4 Å². The minimum absolute atomic E-state index is 0.0267. The van der Waals surface area contributed by atoms with Crippen molar-refractivity contribution < 1.29 is 86.5 Å². The van der Waals surface area contributed by atoms with Crippen molar-refractivity contribution in [3.8, 4) is 0 Å². The minimum atomic E-state index is -3.51. The molecule has 0 radical (unpaired) electrons. The van der Waals surface area contributed by atoms with Crippen LogP contribution in [0.15, 0.2) is 126 Å². The molecule has 0 bridgehead atoms. The normalized spacial score (nSPS) is 25.0. The van der Waals surface area contributed by atoms with Gasteiger partial charge in [0.1, 0.15) is 66.6 Å². The highest BCUT2D eigenvalue weighted by atomic mass is 127. The Morgan fingerprint density at radius 3 is 1.23 bits per heavy atom. The monoisotopic (exact) mass is 1310 g/mol. The number of hydrogen-bond donors (Lipinski definition) is 9. The number of aromatic nitrogens is 6. The first-order chi connectivity index (χ1) is 39.6. The van der Waals surface area contributed by atoms with Gasteiger partial charge in [-0.2, -0.15) is 17.6 Å². The molecule has 3 aromatic heterocycles. The van der Waals surface area contributed by atoms with Gasteiger partial charge in [-0.05, 0) is 54.5 Å². The molecular weight excluding hydrogens is 1250 g/mol. The average molecular weight is 1310 g/mol. The zero-order valence-electron chi connectivity index (χ0n) is 44.1. The lowest BCUT2D eigenvalue weighted by atomic mass is 10.1. The predicted molar refractivity (Wildman–Crippen MR) is 287 cm³/mol. The van der Waals surface area contributed by atoms with Crippen LogP contribution in [-0.2, 0) is 52.1 Å². The van der Waals surface area contributed by atoms with Gasteiger partial charge in [-0.1, -0.05) is 66.7 Å². The largest absolute Gasteiger partial charge is 0.394 e. The lowest BCUT2D eigenvalue weighted by molar-refractivity contribution is -0.0579. The van der Waals surface area contributed by atoms with Gasteiger partial charge in [0.25, 0.3) is 28.5 Å². The van der Waals surface area contributed by atoms with Gasteiger partial charge in [0.05, 0.1) is 36.5 Å². The van der Waals surface area contributed by atoms with Crippen LogP contribution < -0.4 is 33.7 Å². The summed E-state index contributed by atoms with van der Waals surface area (Å²) in [5.74, 6) is -8.53. The second-order valence-corrected chi connectivity index (χ2v) is 20.9. The van der Waals surface area contributed by atoms with Gasteiger partial charge in [0.15, 0.2) is 18.7 Å². The molecule has 3 unspecified atom stereocenters. The number of halogens is 7. The molecule has 0 saturated carbocycles. The molecule has 31 heteroatoms. The molecule has 12 atom stereocenters. The van der Waals surface area contributed by atoms with Crippen LogP contribution >= 0.6 is 22.6 Å². The first kappa shape index (κ1) is 65.1. The topological polar surface area (TPSA) is 342 Å². The van der Waals surface area contributed by atoms with Crippen molar-refractivity contribution in [2.24, 2.45) is 0 Å². The van der Waals surface area contributed by atoms with Crippen LogP contribution in [0.5, 0.6) is 0 Å². The first-order valence-electron chi connectivity index (χ1n) is 25.4. The molecule has 3 fully saturated rings. The van der Waals surface area contributed by atoms with Crippen molar-refractivity contribution in [3.05, 3.63) is 203 Å². The molecule has 9 N–H and O–H groups in total. The van der Waals surface area contributed by atoms with E-state index in [2.05, 4.69) is 0 Å². The third-order valence-corrected chi connectivity index (χ3v) is 14.7. The second-order valence-electron chi connectivity index (χ2n) is 19.7. The van der Waals surface area contributed by atoms with Crippen LogP contribution in [0, 0.1) is 29.1 Å². The van der Waals surface area contributed by atoms with E-state index in [4.69, 9.17) is 14.2 Å². The van der Waals surface area contributed by atoms with E-state index in [-0.39, 0.29) is 44.4 Å². The second kappa shape index (κ2) is 26.8. The number of aryl methyl sites for hydroxylation is 3. The van der Waals surface area contributed by atoms with E-state index in [9.17, 15) is 101 Å². The van der Waals surface area contributed by atoms with Gasteiger partial charge in [-0.15, -0.1) is 0 Å². The molecule has 6 aromatic rings. The van der Waals surface area contributed by atoms with Gasteiger partial charge >= 0.3 is 17.1 Å². The van der Waals surface area contributed by atoms with Crippen LogP contribution in [0.1, 0.15) is 46.5 Å². The van der Waals surface area contributed by atoms with Crippen LogP contribution in [-0.4, -0.2) is 148 Å². The molecular formula is C53H57F6IN6O18. The van der Waals surface area contributed by atoms with Crippen molar-refractivity contribution >= 4 is 22.6 Å². The third kappa shape index (κ3) is 13.6. The molecule has 0 amide bonds. The number of hydrogen-bond acceptors (Lipinski definition) is 18. The summed E-state index contributed by atoms with van der Waals surface area (Å²) in [5, 5.41) is 87.6. The quantitative estimate of drug-likeness (QED) is 0.0449. The molecule has 0 spiro atoms. The molecule has 0 aliphatic carbocycles. The highest BCUT2D eigenvalue weighted by Gasteiger charge is 2.47. The van der Waals surface area contributed by atoms with Crippen LogP contribution in [0.25, 0.3) is 0 Å². The average Bonchev–Trinajstić information content (AvgIpc) is 2.22. The number of nitrogens with zero attached hydrogens (tertiary/aromatic N) is 6. The van der Waals surface area contributed by atoms with Crippen LogP contribution in [0.3, 0.4) is 0 Å². The van der Waals surface area contributed by atoms with Crippen molar-refractivity contribution in [2.75, 3.05) is 19.8 Å². The molecule has 84 heavy (non-hydrogen) atoms. The summed E-state index contributed by atoms with van der Waals surface area (Å²) in [5.41, 5.74) is -5.94. The Hall–Kier alpha value is -6.47. The number of benzene rings is 3. The molecule has 24 nitrogen and oxygen atoms in total. The number of aliphatic hydroxyl groups is 9. The SMILES string of the molecule is Cc1cn([C@@H]2O[C@H](CO)C(O)[C@@H]2O)c(=O)n(CC(F)(F)c2ccccc2)c1=O.Cc1cn([C@@H]2O[C@H](CO)C(O)[C@@H]2O)c(=O)n(CCc2ccc(F)cc2F)c1=O.O=c1c(I)cn([C@@H]2O[C@H](CO)C(O)[C@@H]2O)c(=O)n1CC(F)(F)c1ccccc1. The number of aliphatic hydroxyl groups excluding tert-OH is 9. The zero-order chi connectivity index (χ0) is 61.9. The maximum atomic E-state index is 14.6. The molecule has 456 valence electrons. The smallest absolute Gasteiger partial charge is 0.333 e.